The second kappa shape index (κ2) is 10.1. The highest BCUT2D eigenvalue weighted by atomic mass is 16.6. The van der Waals surface area contributed by atoms with Crippen molar-refractivity contribution >= 4 is 23.2 Å². The summed E-state index contributed by atoms with van der Waals surface area (Å²) < 4.78 is 5.24. The standard InChI is InChI=1S/C24H30N4O5/c1-17-6-10-26(11-7-17)22-5-4-19(28(31)32)15-21(22)24(30)27-12-8-18(9-13-27)23(29)25-16-20-3-2-14-33-20/h2-5,14-15,17-18H,6-13,16H2,1H3,(H,25,29). The quantitative estimate of drug-likeness (QED) is 0.528. The van der Waals surface area contributed by atoms with Gasteiger partial charge >= 0.3 is 0 Å². The Bertz CT molecular complexity index is 990. The first-order valence-corrected chi connectivity index (χ1v) is 11.5. The summed E-state index contributed by atoms with van der Waals surface area (Å²) in [6.07, 6.45) is 4.74. The van der Waals surface area contributed by atoms with Gasteiger partial charge in [0.2, 0.25) is 5.91 Å². The van der Waals surface area contributed by atoms with Crippen molar-refractivity contribution in [1.82, 2.24) is 10.2 Å². The molecule has 2 aliphatic rings. The number of likely N-dealkylation sites (tertiary alicyclic amines) is 1. The lowest BCUT2D eigenvalue weighted by Gasteiger charge is -2.35. The Balaban J connectivity index is 1.42. The molecule has 0 spiro atoms. The predicted octanol–water partition coefficient (Wildman–Crippen LogP) is 3.59. The maximum absolute atomic E-state index is 13.4. The SMILES string of the molecule is CC1CCN(c2ccc([N+](=O)[O-])cc2C(=O)N2CCC(C(=O)NCc3ccco3)CC2)CC1. The van der Waals surface area contributed by atoms with E-state index in [4.69, 9.17) is 4.42 Å². The summed E-state index contributed by atoms with van der Waals surface area (Å²) in [5.41, 5.74) is 1.05. The minimum Gasteiger partial charge on any atom is -0.467 e. The number of rotatable bonds is 6. The fraction of sp³-hybridized carbons (Fsp3) is 0.500. The van der Waals surface area contributed by atoms with Gasteiger partial charge in [-0.05, 0) is 49.8 Å². The van der Waals surface area contributed by atoms with Crippen LogP contribution in [-0.2, 0) is 11.3 Å². The maximum atomic E-state index is 13.4. The second-order valence-corrected chi connectivity index (χ2v) is 8.99. The van der Waals surface area contributed by atoms with Crippen LogP contribution < -0.4 is 10.2 Å². The van der Waals surface area contributed by atoms with E-state index >= 15 is 0 Å². The molecule has 0 unspecified atom stereocenters. The molecule has 2 saturated heterocycles. The summed E-state index contributed by atoms with van der Waals surface area (Å²) in [5, 5.41) is 14.3. The number of nitro groups is 1. The highest BCUT2D eigenvalue weighted by Gasteiger charge is 2.31. The summed E-state index contributed by atoms with van der Waals surface area (Å²) in [6, 6.07) is 8.16. The van der Waals surface area contributed by atoms with E-state index in [0.29, 0.717) is 49.7 Å². The molecular formula is C24H30N4O5. The number of nitrogens with zero attached hydrogens (tertiary/aromatic N) is 3. The van der Waals surface area contributed by atoms with Crippen LogP contribution in [0.25, 0.3) is 0 Å². The summed E-state index contributed by atoms with van der Waals surface area (Å²) in [7, 11) is 0. The number of anilines is 1. The molecule has 2 aromatic rings. The van der Waals surface area contributed by atoms with Gasteiger partial charge in [0.25, 0.3) is 11.6 Å². The number of hydrogen-bond acceptors (Lipinski definition) is 6. The van der Waals surface area contributed by atoms with Crippen molar-refractivity contribution < 1.29 is 18.9 Å². The Kier molecular flexibility index (Phi) is 6.96. The number of non-ortho nitro benzene ring substituents is 1. The van der Waals surface area contributed by atoms with Gasteiger partial charge in [-0.15, -0.1) is 0 Å². The summed E-state index contributed by atoms with van der Waals surface area (Å²) in [4.78, 5) is 40.7. The van der Waals surface area contributed by atoms with Gasteiger partial charge < -0.3 is 19.5 Å². The lowest BCUT2D eigenvalue weighted by atomic mass is 9.94. The van der Waals surface area contributed by atoms with Crippen LogP contribution >= 0.6 is 0 Å². The molecule has 2 fully saturated rings. The van der Waals surface area contributed by atoms with Crippen LogP contribution in [0.2, 0.25) is 0 Å². The number of amides is 2. The van der Waals surface area contributed by atoms with Gasteiger partial charge in [0.05, 0.1) is 29.0 Å². The largest absolute Gasteiger partial charge is 0.467 e. The van der Waals surface area contributed by atoms with Crippen LogP contribution in [0, 0.1) is 22.0 Å². The first-order chi connectivity index (χ1) is 15.9. The number of carbonyl (C=O) groups excluding carboxylic acids is 2. The first-order valence-electron chi connectivity index (χ1n) is 11.5. The Morgan fingerprint density at radius 1 is 1.12 bits per heavy atom. The molecule has 2 amide bonds. The summed E-state index contributed by atoms with van der Waals surface area (Å²) in [6.45, 7) is 5.10. The van der Waals surface area contributed by atoms with Gasteiger partial charge in [0.1, 0.15) is 5.76 Å². The van der Waals surface area contributed by atoms with Gasteiger partial charge in [-0.2, -0.15) is 0 Å². The van der Waals surface area contributed by atoms with Crippen molar-refractivity contribution in [2.75, 3.05) is 31.1 Å². The van der Waals surface area contributed by atoms with Crippen LogP contribution in [0.4, 0.5) is 11.4 Å². The van der Waals surface area contributed by atoms with Crippen molar-refractivity contribution in [3.63, 3.8) is 0 Å². The van der Waals surface area contributed by atoms with E-state index in [-0.39, 0.29) is 23.4 Å². The molecule has 9 nitrogen and oxygen atoms in total. The molecule has 9 heteroatoms. The molecule has 0 bridgehead atoms. The molecule has 4 rings (SSSR count). The number of carbonyl (C=O) groups is 2. The van der Waals surface area contributed by atoms with E-state index in [2.05, 4.69) is 17.1 Å². The van der Waals surface area contributed by atoms with E-state index < -0.39 is 4.92 Å². The number of nitrogens with one attached hydrogen (secondary N) is 1. The fourth-order valence-corrected chi connectivity index (χ4v) is 4.58. The molecule has 2 aliphatic heterocycles. The normalized spacial score (nSPS) is 17.7. The van der Waals surface area contributed by atoms with Crippen LogP contribution in [0.3, 0.4) is 0 Å². The maximum Gasteiger partial charge on any atom is 0.270 e. The third kappa shape index (κ3) is 5.35. The number of hydrogen-bond donors (Lipinski definition) is 1. The zero-order valence-electron chi connectivity index (χ0n) is 18.9. The molecule has 1 aromatic carbocycles. The lowest BCUT2D eigenvalue weighted by Crippen LogP contribution is -2.43. The van der Waals surface area contributed by atoms with E-state index in [0.717, 1.165) is 31.6 Å². The minimum absolute atomic E-state index is 0.0445. The minimum atomic E-state index is -0.464. The molecule has 33 heavy (non-hydrogen) atoms. The van der Waals surface area contributed by atoms with Crippen LogP contribution in [0.5, 0.6) is 0 Å². The van der Waals surface area contributed by atoms with Gasteiger partial charge in [-0.25, -0.2) is 0 Å². The summed E-state index contributed by atoms with van der Waals surface area (Å²) in [5.74, 6) is 0.911. The topological polar surface area (TPSA) is 109 Å². The number of benzene rings is 1. The Hall–Kier alpha value is -3.36. The second-order valence-electron chi connectivity index (χ2n) is 8.99. The van der Waals surface area contributed by atoms with Crippen LogP contribution in [0.15, 0.2) is 41.0 Å². The average molecular weight is 455 g/mol. The van der Waals surface area contributed by atoms with E-state index in [1.165, 1.54) is 12.1 Å². The molecule has 0 radical (unpaired) electrons. The van der Waals surface area contributed by atoms with Gasteiger partial charge in [0, 0.05) is 44.2 Å². The first kappa shape index (κ1) is 22.8. The monoisotopic (exact) mass is 454 g/mol. The molecular weight excluding hydrogens is 424 g/mol. The van der Waals surface area contributed by atoms with Crippen molar-refractivity contribution in [2.24, 2.45) is 11.8 Å². The smallest absolute Gasteiger partial charge is 0.270 e. The zero-order chi connectivity index (χ0) is 23.4. The highest BCUT2D eigenvalue weighted by molar-refractivity contribution is 6.00. The highest BCUT2D eigenvalue weighted by Crippen LogP contribution is 2.31. The van der Waals surface area contributed by atoms with E-state index in [9.17, 15) is 19.7 Å². The van der Waals surface area contributed by atoms with Crippen molar-refractivity contribution in [1.29, 1.82) is 0 Å². The van der Waals surface area contributed by atoms with Crippen molar-refractivity contribution in [3.05, 3.63) is 58.0 Å². The molecule has 3 heterocycles. The number of nitro benzene ring substituents is 1. The Morgan fingerprint density at radius 2 is 1.85 bits per heavy atom. The van der Waals surface area contributed by atoms with Crippen LogP contribution in [0.1, 0.15) is 48.7 Å². The predicted molar refractivity (Wildman–Crippen MR) is 123 cm³/mol. The molecule has 0 atom stereocenters. The third-order valence-electron chi connectivity index (χ3n) is 6.72. The van der Waals surface area contributed by atoms with Crippen LogP contribution in [-0.4, -0.2) is 47.8 Å². The Morgan fingerprint density at radius 3 is 2.48 bits per heavy atom. The Labute approximate surface area is 192 Å². The fourth-order valence-electron chi connectivity index (χ4n) is 4.58. The molecule has 0 aliphatic carbocycles. The molecule has 0 saturated carbocycles. The van der Waals surface area contributed by atoms with Gasteiger partial charge in [0.15, 0.2) is 0 Å². The average Bonchev–Trinajstić information content (AvgIpc) is 3.36. The van der Waals surface area contributed by atoms with Gasteiger partial charge in [-0.1, -0.05) is 6.92 Å². The molecule has 1 aromatic heterocycles. The third-order valence-corrected chi connectivity index (χ3v) is 6.72. The van der Waals surface area contributed by atoms with Crippen molar-refractivity contribution in [3.8, 4) is 0 Å². The number of piperidine rings is 2. The van der Waals surface area contributed by atoms with E-state index in [1.807, 2.05) is 0 Å². The lowest BCUT2D eigenvalue weighted by molar-refractivity contribution is -0.384. The molecule has 176 valence electrons. The van der Waals surface area contributed by atoms with E-state index in [1.54, 1.807) is 29.4 Å². The summed E-state index contributed by atoms with van der Waals surface area (Å²) >= 11 is 0. The number of furan rings is 1. The zero-order valence-corrected chi connectivity index (χ0v) is 18.9. The van der Waals surface area contributed by atoms with Crippen molar-refractivity contribution in [2.45, 2.75) is 39.2 Å². The van der Waals surface area contributed by atoms with Gasteiger partial charge in [-0.3, -0.25) is 19.7 Å². The molecule has 1 N–H and O–H groups in total.